The van der Waals surface area contributed by atoms with Gasteiger partial charge in [0.2, 0.25) is 0 Å². The largest absolute Gasteiger partial charge is 0.480 e. The SMILES string of the molecule is CC/C=C\C/C=C\C/C=C\C/C=C\C/C=C\C/C=C\CCC(=O)O[C@H](COC(=O)CCCCCCC/C=C/C=C/C(O)C/C=C/CC)COP(=O)(O)OC[C@H](N)C(=O)O. The van der Waals surface area contributed by atoms with Crippen molar-refractivity contribution in [2.24, 2.45) is 5.73 Å². The number of carboxylic acids is 1. The van der Waals surface area contributed by atoms with Crippen LogP contribution in [-0.2, 0) is 37.5 Å². The summed E-state index contributed by atoms with van der Waals surface area (Å²) in [7, 11) is -4.76. The molecule has 0 rings (SSSR count). The molecule has 0 heterocycles. The molecule has 13 heteroatoms. The number of allylic oxidation sites excluding steroid dienone is 16. The quantitative estimate of drug-likeness (QED) is 0.0152. The maximum atomic E-state index is 12.6. The highest BCUT2D eigenvalue weighted by molar-refractivity contribution is 7.47. The highest BCUT2D eigenvalue weighted by Crippen LogP contribution is 2.43. The van der Waals surface area contributed by atoms with Gasteiger partial charge in [-0.1, -0.05) is 142 Å². The number of carboxylic acid groups (broad SMARTS) is 1. The molecule has 4 atom stereocenters. The Morgan fingerprint density at radius 2 is 1.14 bits per heavy atom. The molecular formula is C46H72NO11P. The lowest BCUT2D eigenvalue weighted by molar-refractivity contribution is -0.161. The highest BCUT2D eigenvalue weighted by atomic mass is 31.2. The summed E-state index contributed by atoms with van der Waals surface area (Å²) in [5.41, 5.74) is 5.32. The molecule has 5 N–H and O–H groups in total. The normalized spacial score (nSPS) is 15.3. The summed E-state index contributed by atoms with van der Waals surface area (Å²) in [6, 6.07) is -1.55. The lowest BCUT2D eigenvalue weighted by atomic mass is 10.1. The van der Waals surface area contributed by atoms with Gasteiger partial charge in [-0.25, -0.2) is 4.57 Å². The fourth-order valence-electron chi connectivity index (χ4n) is 4.83. The van der Waals surface area contributed by atoms with E-state index in [-0.39, 0.29) is 12.8 Å². The number of phosphoric acid groups is 1. The number of nitrogens with two attached hydrogens (primary N) is 1. The zero-order chi connectivity index (χ0) is 43.7. The molecule has 332 valence electrons. The number of aliphatic carboxylic acids is 1. The molecule has 0 aliphatic carbocycles. The predicted octanol–water partition coefficient (Wildman–Crippen LogP) is 10.0. The number of esters is 2. The maximum Gasteiger partial charge on any atom is 0.472 e. The number of ether oxygens (including phenoxy) is 2. The van der Waals surface area contributed by atoms with E-state index in [0.29, 0.717) is 25.7 Å². The van der Waals surface area contributed by atoms with Gasteiger partial charge in [-0.3, -0.25) is 23.4 Å². The summed E-state index contributed by atoms with van der Waals surface area (Å²) < 4.78 is 32.5. The Hall–Kier alpha value is -3.90. The first kappa shape index (κ1) is 55.1. The van der Waals surface area contributed by atoms with E-state index in [1.807, 2.05) is 42.5 Å². The second-order valence-corrected chi connectivity index (χ2v) is 15.0. The number of hydrogen-bond acceptors (Lipinski definition) is 10. The van der Waals surface area contributed by atoms with Crippen molar-refractivity contribution in [1.29, 1.82) is 0 Å². The Bertz CT molecular complexity index is 1430. The molecule has 12 nitrogen and oxygen atoms in total. The predicted molar refractivity (Wildman–Crippen MR) is 236 cm³/mol. The Labute approximate surface area is 353 Å². The van der Waals surface area contributed by atoms with E-state index in [1.165, 1.54) is 0 Å². The summed E-state index contributed by atoms with van der Waals surface area (Å²) in [5, 5.41) is 18.7. The van der Waals surface area contributed by atoms with Gasteiger partial charge in [0.1, 0.15) is 12.6 Å². The van der Waals surface area contributed by atoms with Gasteiger partial charge in [0.25, 0.3) is 0 Å². The van der Waals surface area contributed by atoms with Crippen molar-refractivity contribution in [3.05, 3.63) is 109 Å². The zero-order valence-electron chi connectivity index (χ0n) is 35.4. The fraction of sp³-hybridized carbons (Fsp3) is 0.543. The average molecular weight is 846 g/mol. The van der Waals surface area contributed by atoms with Gasteiger partial charge in [0.15, 0.2) is 6.10 Å². The van der Waals surface area contributed by atoms with Crippen LogP contribution in [0.1, 0.15) is 123 Å². The minimum atomic E-state index is -4.76. The third kappa shape index (κ3) is 39.3. The second kappa shape index (κ2) is 39.6. The Morgan fingerprint density at radius 3 is 1.73 bits per heavy atom. The Balaban J connectivity index is 4.60. The minimum absolute atomic E-state index is 0.0138. The van der Waals surface area contributed by atoms with Crippen LogP contribution in [0, 0.1) is 0 Å². The third-order valence-electron chi connectivity index (χ3n) is 8.11. The van der Waals surface area contributed by atoms with E-state index in [1.54, 1.807) is 6.08 Å². The monoisotopic (exact) mass is 845 g/mol. The van der Waals surface area contributed by atoms with Crippen LogP contribution in [-0.4, -0.2) is 71.1 Å². The zero-order valence-corrected chi connectivity index (χ0v) is 36.3. The molecule has 0 bridgehead atoms. The van der Waals surface area contributed by atoms with Crippen LogP contribution in [0.15, 0.2) is 109 Å². The molecule has 0 aromatic heterocycles. The number of carbonyl (C=O) groups excluding carboxylic acids is 2. The lowest BCUT2D eigenvalue weighted by Crippen LogP contribution is -2.34. The second-order valence-electron chi connectivity index (χ2n) is 13.6. The summed E-state index contributed by atoms with van der Waals surface area (Å²) in [5.74, 6) is -2.57. The first-order valence-corrected chi connectivity index (χ1v) is 22.5. The molecular weight excluding hydrogens is 773 g/mol. The first-order chi connectivity index (χ1) is 28.5. The number of aliphatic hydroxyl groups excluding tert-OH is 1. The number of carbonyl (C=O) groups is 3. The van der Waals surface area contributed by atoms with Crippen molar-refractivity contribution in [2.45, 2.75) is 141 Å². The van der Waals surface area contributed by atoms with Crippen molar-refractivity contribution in [3.63, 3.8) is 0 Å². The smallest absolute Gasteiger partial charge is 0.472 e. The van der Waals surface area contributed by atoms with Crippen molar-refractivity contribution in [1.82, 2.24) is 0 Å². The van der Waals surface area contributed by atoms with Crippen molar-refractivity contribution in [2.75, 3.05) is 19.8 Å². The molecule has 0 amide bonds. The lowest BCUT2D eigenvalue weighted by Gasteiger charge is -2.20. The van der Waals surface area contributed by atoms with Crippen LogP contribution in [0.3, 0.4) is 0 Å². The van der Waals surface area contributed by atoms with Gasteiger partial charge >= 0.3 is 25.7 Å². The summed E-state index contributed by atoms with van der Waals surface area (Å²) in [4.78, 5) is 45.9. The van der Waals surface area contributed by atoms with E-state index >= 15 is 0 Å². The van der Waals surface area contributed by atoms with Crippen molar-refractivity contribution < 1.29 is 52.6 Å². The van der Waals surface area contributed by atoms with Crippen LogP contribution in [0.25, 0.3) is 0 Å². The molecule has 0 saturated carbocycles. The van der Waals surface area contributed by atoms with Gasteiger partial charge < -0.3 is 30.3 Å². The number of unbranched alkanes of at least 4 members (excludes halogenated alkanes) is 5. The van der Waals surface area contributed by atoms with Crippen LogP contribution < -0.4 is 5.73 Å². The number of aliphatic hydroxyl groups is 1. The van der Waals surface area contributed by atoms with E-state index in [4.69, 9.17) is 24.8 Å². The minimum Gasteiger partial charge on any atom is -0.480 e. The van der Waals surface area contributed by atoms with Crippen LogP contribution >= 0.6 is 7.82 Å². The van der Waals surface area contributed by atoms with E-state index in [2.05, 4.69) is 79.1 Å². The summed E-state index contributed by atoms with van der Waals surface area (Å²) in [6.07, 6.45) is 47.9. The number of rotatable bonds is 37. The topological polar surface area (TPSA) is 192 Å². The van der Waals surface area contributed by atoms with Gasteiger partial charge in [-0.05, 0) is 77.0 Å². The molecule has 0 spiro atoms. The fourth-order valence-corrected chi connectivity index (χ4v) is 5.61. The molecule has 0 aliphatic heterocycles. The average Bonchev–Trinajstić information content (AvgIpc) is 3.20. The van der Waals surface area contributed by atoms with Crippen LogP contribution in [0.4, 0.5) is 0 Å². The Morgan fingerprint density at radius 1 is 0.610 bits per heavy atom. The van der Waals surface area contributed by atoms with Gasteiger partial charge in [-0.2, -0.15) is 0 Å². The van der Waals surface area contributed by atoms with E-state index < -0.39 is 63.8 Å². The van der Waals surface area contributed by atoms with Gasteiger partial charge in [-0.15, -0.1) is 0 Å². The molecule has 0 radical (unpaired) electrons. The number of phosphoric ester groups is 1. The van der Waals surface area contributed by atoms with Gasteiger partial charge in [0.05, 0.1) is 19.3 Å². The van der Waals surface area contributed by atoms with E-state index in [0.717, 1.165) is 70.6 Å². The number of hydrogen-bond donors (Lipinski definition) is 4. The van der Waals surface area contributed by atoms with Crippen LogP contribution in [0.5, 0.6) is 0 Å². The van der Waals surface area contributed by atoms with Crippen LogP contribution in [0.2, 0.25) is 0 Å². The third-order valence-corrected chi connectivity index (χ3v) is 9.06. The summed E-state index contributed by atoms with van der Waals surface area (Å²) in [6.45, 7) is 2.34. The molecule has 0 saturated heterocycles. The standard InChI is InChI=1S/C46H72NO11P/c1-3-5-7-8-9-10-11-12-13-14-15-16-17-18-19-22-26-29-33-37-45(50)58-42(39-56-59(53,54)57-40-43(47)46(51)52)38-55-44(49)36-32-28-25-23-20-21-24-27-31-35-41(48)34-30-6-4-2/h5-7,9-10,12-13,15-16,18-19,24,26-27,29-31,35,41-43,48H,3-4,8,11,14,17,20-23,25,28,32-34,36-40,47H2,1-2H3,(H,51,52)(H,53,54)/b7-5-,10-9-,13-12-,16-15-,19-18-,27-24+,29-26-,30-6+,35-31+/t41?,42-,43+/m1/s1. The Kier molecular flexibility index (Phi) is 36.9. The molecule has 0 fully saturated rings. The summed E-state index contributed by atoms with van der Waals surface area (Å²) >= 11 is 0. The molecule has 0 aromatic carbocycles. The van der Waals surface area contributed by atoms with Gasteiger partial charge in [0, 0.05) is 12.8 Å². The molecule has 2 unspecified atom stereocenters. The van der Waals surface area contributed by atoms with E-state index in [9.17, 15) is 28.9 Å². The first-order valence-electron chi connectivity index (χ1n) is 21.0. The highest BCUT2D eigenvalue weighted by Gasteiger charge is 2.28. The van der Waals surface area contributed by atoms with Crippen molar-refractivity contribution in [3.8, 4) is 0 Å². The molecule has 0 aliphatic rings. The maximum absolute atomic E-state index is 12.6. The van der Waals surface area contributed by atoms with Crippen molar-refractivity contribution >= 4 is 25.7 Å². The molecule has 59 heavy (non-hydrogen) atoms. The molecule has 0 aromatic rings.